The fourth-order valence-corrected chi connectivity index (χ4v) is 16.5. The third kappa shape index (κ3) is 12.4. The largest absolute Gasteiger partial charge is 0.264 e. The lowest BCUT2D eigenvalue weighted by Gasteiger charge is -2.19. The third-order valence-electron chi connectivity index (χ3n) is 21.8. The van der Waals surface area contributed by atoms with Crippen LogP contribution in [-0.4, -0.2) is 29.9 Å². The molecule has 0 radical (unpaired) electrons. The minimum atomic E-state index is 0.680. The summed E-state index contributed by atoms with van der Waals surface area (Å²) < 4.78 is 0. The molecule has 0 atom stereocenters. The van der Waals surface area contributed by atoms with E-state index in [-0.39, 0.29) is 0 Å². The van der Waals surface area contributed by atoms with E-state index in [0.717, 1.165) is 94.9 Å². The first-order chi connectivity index (χ1) is 55.5. The van der Waals surface area contributed by atoms with Crippen molar-refractivity contribution in [3.63, 3.8) is 0 Å². The molecule has 0 unspecified atom stereocenters. The van der Waals surface area contributed by atoms with Crippen LogP contribution < -0.4 is 0 Å². The van der Waals surface area contributed by atoms with Gasteiger partial charge in [-0.15, -0.1) is 0 Å². The first-order valence-corrected chi connectivity index (χ1v) is 37.9. The minimum absolute atomic E-state index is 0.680. The van der Waals surface area contributed by atoms with Gasteiger partial charge in [-0.05, 0) is 173 Å². The maximum Gasteiger partial charge on any atom is 0.160 e. The van der Waals surface area contributed by atoms with Crippen LogP contribution in [0.5, 0.6) is 0 Å². The zero-order chi connectivity index (χ0) is 74.3. The van der Waals surface area contributed by atoms with Gasteiger partial charge in [0, 0.05) is 58.2 Å². The first-order valence-electron chi connectivity index (χ1n) is 37.9. The van der Waals surface area contributed by atoms with Crippen molar-refractivity contribution in [2.45, 2.75) is 0 Å². The molecule has 0 fully saturated rings. The van der Waals surface area contributed by atoms with Crippen molar-refractivity contribution in [3.8, 4) is 135 Å². The van der Waals surface area contributed by atoms with Crippen LogP contribution in [0.25, 0.3) is 210 Å². The first kappa shape index (κ1) is 66.5. The molecule has 21 rings (SSSR count). The summed E-state index contributed by atoms with van der Waals surface area (Å²) in [5, 5.41) is 17.1. The highest BCUT2D eigenvalue weighted by atomic mass is 14.9. The molecule has 0 N–H and O–H groups in total. The average molecular weight is 1430 g/mol. The van der Waals surface area contributed by atoms with E-state index in [9.17, 15) is 0 Å². The zero-order valence-corrected chi connectivity index (χ0v) is 60.9. The maximum atomic E-state index is 5.34. The molecule has 0 spiro atoms. The standard InChI is InChI=1S/C55H35N3.C51H33N3/c1-3-20-43-37(13-1)15-10-26-45(43)52-34-51(39-30-28-36(29-31-39)42-19-12-32-56-35-42)57-55(58-52)41-18-9-17-40(33-41)53-47-22-5-7-24-49(47)54(50-25-8-6-23-48(50)53)46-27-11-16-38-14-2-4-21-44(38)46;1-2-13-36(14-3-1)47-32-48(37-25-23-34(24-26-37)40-16-11-31-52-33-40)54-51(53-47)39-29-27-38(28-30-39)49-43-18-6-8-20-45(43)50(46-21-9-7-19-44(46)49)42-22-10-15-35-12-4-5-17-41(35)42/h1-35H;1-33H. The van der Waals surface area contributed by atoms with E-state index in [1.807, 2.05) is 30.6 Å². The SMILES string of the molecule is c1ccc(-c2cc(-c3ccc(-c4cccnc4)cc3)nc(-c3ccc(-c4c5ccccc5c(-c5cccc6ccccc56)c5ccccc45)cc3)n2)cc1.c1cncc(-c2ccc(-c3cc(-c4cccc5ccccc45)nc(-c4cccc(-c5c6ccccc6c(-c6cccc7ccccc67)c6ccccc56)c4)n3)cc2)c1. The Labute approximate surface area is 648 Å². The Balaban J connectivity index is 0.000000146. The number of hydrogen-bond acceptors (Lipinski definition) is 6. The lowest BCUT2D eigenvalue weighted by atomic mass is 9.84. The van der Waals surface area contributed by atoms with E-state index in [0.29, 0.717) is 11.6 Å². The van der Waals surface area contributed by atoms with Crippen LogP contribution in [0.15, 0.2) is 413 Å². The van der Waals surface area contributed by atoms with Crippen LogP contribution in [0.1, 0.15) is 0 Å². The second kappa shape index (κ2) is 29.0. The smallest absolute Gasteiger partial charge is 0.160 e. The second-order valence-corrected chi connectivity index (χ2v) is 28.3. The molecule has 112 heavy (non-hydrogen) atoms. The highest BCUT2D eigenvalue weighted by Crippen LogP contribution is 2.49. The van der Waals surface area contributed by atoms with Crippen molar-refractivity contribution < 1.29 is 0 Å². The highest BCUT2D eigenvalue weighted by Gasteiger charge is 2.23. The van der Waals surface area contributed by atoms with Crippen molar-refractivity contribution >= 4 is 75.4 Å². The van der Waals surface area contributed by atoms with Gasteiger partial charge in [-0.1, -0.05) is 358 Å². The van der Waals surface area contributed by atoms with Crippen LogP contribution in [0.4, 0.5) is 0 Å². The van der Waals surface area contributed by atoms with E-state index < -0.39 is 0 Å². The van der Waals surface area contributed by atoms with Gasteiger partial charge in [0.05, 0.1) is 22.8 Å². The summed E-state index contributed by atoms with van der Waals surface area (Å²) in [7, 11) is 0. The lowest BCUT2D eigenvalue weighted by molar-refractivity contribution is 1.18. The van der Waals surface area contributed by atoms with Crippen molar-refractivity contribution in [2.24, 2.45) is 0 Å². The number of benzene rings is 17. The van der Waals surface area contributed by atoms with Crippen molar-refractivity contribution in [3.05, 3.63) is 413 Å². The normalized spacial score (nSPS) is 11.4. The Kier molecular flexibility index (Phi) is 17.2. The van der Waals surface area contributed by atoms with Crippen LogP contribution in [-0.2, 0) is 0 Å². The van der Waals surface area contributed by atoms with E-state index in [2.05, 4.69) is 380 Å². The molecule has 0 saturated heterocycles. The van der Waals surface area contributed by atoms with Gasteiger partial charge in [0.25, 0.3) is 0 Å². The summed E-state index contributed by atoms with van der Waals surface area (Å²) in [5.41, 5.74) is 23.7. The van der Waals surface area contributed by atoms with Crippen LogP contribution in [0.3, 0.4) is 0 Å². The van der Waals surface area contributed by atoms with Crippen LogP contribution in [0.2, 0.25) is 0 Å². The zero-order valence-electron chi connectivity index (χ0n) is 60.9. The fourth-order valence-electron chi connectivity index (χ4n) is 16.5. The van der Waals surface area contributed by atoms with Crippen LogP contribution >= 0.6 is 0 Å². The van der Waals surface area contributed by atoms with Gasteiger partial charge >= 0.3 is 0 Å². The number of fused-ring (bicyclic) bond motifs is 7. The molecule has 522 valence electrons. The van der Waals surface area contributed by atoms with Gasteiger partial charge in [0.1, 0.15) is 0 Å². The molecule has 4 heterocycles. The van der Waals surface area contributed by atoms with Gasteiger partial charge in [0.15, 0.2) is 11.6 Å². The van der Waals surface area contributed by atoms with E-state index in [1.165, 1.54) is 103 Å². The van der Waals surface area contributed by atoms with Crippen molar-refractivity contribution in [1.82, 2.24) is 29.9 Å². The third-order valence-corrected chi connectivity index (χ3v) is 21.8. The summed E-state index contributed by atoms with van der Waals surface area (Å²) in [6.07, 6.45) is 7.38. The van der Waals surface area contributed by atoms with E-state index >= 15 is 0 Å². The minimum Gasteiger partial charge on any atom is -0.264 e. The summed E-state index contributed by atoms with van der Waals surface area (Å²) >= 11 is 0. The molecule has 6 nitrogen and oxygen atoms in total. The number of aromatic nitrogens is 6. The molecule has 0 saturated carbocycles. The fraction of sp³-hybridized carbons (Fsp3) is 0. The van der Waals surface area contributed by atoms with E-state index in [4.69, 9.17) is 19.9 Å². The Morgan fingerprint density at radius 1 is 0.152 bits per heavy atom. The quantitative estimate of drug-likeness (QED) is 0.113. The summed E-state index contributed by atoms with van der Waals surface area (Å²) in [6, 6.07) is 138. The number of rotatable bonds is 12. The topological polar surface area (TPSA) is 77.3 Å². The average Bonchev–Trinajstić information content (AvgIpc) is 0.732. The highest BCUT2D eigenvalue weighted by molar-refractivity contribution is 6.25. The molecular formula is C106H68N6. The number of pyridine rings is 2. The molecule has 17 aromatic carbocycles. The Morgan fingerprint density at radius 3 is 0.875 bits per heavy atom. The Bertz CT molecular complexity index is 7020. The molecule has 21 aromatic rings. The molecule has 6 heteroatoms. The van der Waals surface area contributed by atoms with Gasteiger partial charge in [-0.25, -0.2) is 19.9 Å². The summed E-state index contributed by atoms with van der Waals surface area (Å²) in [4.78, 5) is 29.5. The molecule has 0 aliphatic carbocycles. The molecular weight excluding hydrogens is 1360 g/mol. The van der Waals surface area contributed by atoms with Gasteiger partial charge in [0.2, 0.25) is 0 Å². The van der Waals surface area contributed by atoms with Crippen molar-refractivity contribution in [2.75, 3.05) is 0 Å². The summed E-state index contributed by atoms with van der Waals surface area (Å²) in [5.74, 6) is 1.37. The van der Waals surface area contributed by atoms with Gasteiger partial charge in [-0.3, -0.25) is 9.97 Å². The number of hydrogen-bond donors (Lipinski definition) is 0. The maximum absolute atomic E-state index is 5.34. The van der Waals surface area contributed by atoms with Crippen LogP contribution in [0, 0.1) is 0 Å². The lowest BCUT2D eigenvalue weighted by Crippen LogP contribution is -1.97. The molecule has 0 aliphatic heterocycles. The summed E-state index contributed by atoms with van der Waals surface area (Å²) in [6.45, 7) is 0. The molecule has 0 aliphatic rings. The molecule has 0 amide bonds. The van der Waals surface area contributed by atoms with E-state index in [1.54, 1.807) is 12.4 Å². The Hall–Kier alpha value is -15.0. The monoisotopic (exact) mass is 1420 g/mol. The molecule has 0 bridgehead atoms. The van der Waals surface area contributed by atoms with Gasteiger partial charge in [-0.2, -0.15) is 0 Å². The number of nitrogens with zero attached hydrogens (tertiary/aromatic N) is 6. The molecule has 4 aromatic heterocycles. The predicted octanol–water partition coefficient (Wildman–Crippen LogP) is 27.8. The Morgan fingerprint density at radius 2 is 0.438 bits per heavy atom. The van der Waals surface area contributed by atoms with Gasteiger partial charge < -0.3 is 0 Å². The predicted molar refractivity (Wildman–Crippen MR) is 467 cm³/mol. The second-order valence-electron chi connectivity index (χ2n) is 28.3. The van der Waals surface area contributed by atoms with Crippen molar-refractivity contribution in [1.29, 1.82) is 0 Å².